The summed E-state index contributed by atoms with van der Waals surface area (Å²) < 4.78 is 22.6. The summed E-state index contributed by atoms with van der Waals surface area (Å²) in [5.74, 6) is 0.497. The molecule has 1 saturated heterocycles. The molecule has 0 unspecified atom stereocenters. The van der Waals surface area contributed by atoms with E-state index in [1.807, 2.05) is 0 Å². The first-order valence-corrected chi connectivity index (χ1v) is 12.9. The van der Waals surface area contributed by atoms with Gasteiger partial charge in [-0.2, -0.15) is 0 Å². The molecule has 0 saturated carbocycles. The largest absolute Gasteiger partial charge is 0.506 e. The number of ether oxygens (including phenoxy) is 3. The number of thioether (sulfide) groups is 1. The van der Waals surface area contributed by atoms with Crippen molar-refractivity contribution in [2.45, 2.75) is 63.1 Å². The lowest BCUT2D eigenvalue weighted by atomic mass is 9.89. The van der Waals surface area contributed by atoms with Crippen molar-refractivity contribution in [1.82, 2.24) is 9.97 Å². The number of oxime groups is 1. The molecule has 0 amide bonds. The second-order valence-corrected chi connectivity index (χ2v) is 10.4. The monoisotopic (exact) mass is 549 g/mol. The van der Waals surface area contributed by atoms with E-state index < -0.39 is 35.8 Å². The fraction of sp³-hybridized carbons (Fsp3) is 0.480. The predicted octanol–water partition coefficient (Wildman–Crippen LogP) is 2.31. The number of nitrogens with one attached hydrogen (secondary N) is 1. The molecule has 4 atom stereocenters. The predicted molar refractivity (Wildman–Crippen MR) is 139 cm³/mol. The minimum atomic E-state index is -1.40. The number of fused-ring (bicyclic) bond motifs is 1. The number of aromatic nitrogens is 2. The lowest BCUT2D eigenvalue weighted by molar-refractivity contribution is -0.306. The number of hydrogen-bond acceptors (Lipinski definition) is 12. The van der Waals surface area contributed by atoms with Crippen LogP contribution in [0.5, 0.6) is 11.5 Å². The summed E-state index contributed by atoms with van der Waals surface area (Å²) in [5.41, 5.74) is -1.25. The molecule has 3 aromatic rings. The Morgan fingerprint density at radius 2 is 2.05 bits per heavy atom. The molecule has 0 bridgehead atoms. The Kier molecular flexibility index (Phi) is 8.33. The lowest BCUT2D eigenvalue weighted by Crippen LogP contribution is -2.63. The Balaban J connectivity index is 1.53. The van der Waals surface area contributed by atoms with E-state index >= 15 is 0 Å². The molecule has 0 aliphatic carbocycles. The standard InChI is InChI=1S/C25H31N3O9S/c1-12-15(35-23-19(31)18(30)21(33-5)25(3,4)37-23)7-6-14-17(29)16(22(32)36-20(12)14)13(2)28-34-10-11-38-24-26-8-9-27-24/h6-9,18-19,21,23,29-31H,10-11H2,1-5H3,(H,26,27)/b28-13+/t18-,19+,21+,23+/m0/s1. The number of aliphatic hydroxyl groups excluding tert-OH is 2. The highest BCUT2D eigenvalue weighted by molar-refractivity contribution is 7.99. The number of aryl methyl sites for hydroxylation is 1. The van der Waals surface area contributed by atoms with Crippen LogP contribution in [-0.2, 0) is 14.3 Å². The molecule has 4 N–H and O–H groups in total. The quantitative estimate of drug-likeness (QED) is 0.102. The zero-order chi connectivity index (χ0) is 27.6. The van der Waals surface area contributed by atoms with E-state index in [0.717, 1.165) is 5.16 Å². The van der Waals surface area contributed by atoms with Crippen LogP contribution in [0.1, 0.15) is 31.9 Å². The summed E-state index contributed by atoms with van der Waals surface area (Å²) in [6.45, 7) is 6.85. The van der Waals surface area contributed by atoms with Gasteiger partial charge >= 0.3 is 5.63 Å². The molecule has 38 heavy (non-hydrogen) atoms. The minimum absolute atomic E-state index is 0.0946. The average molecular weight is 550 g/mol. The second kappa shape index (κ2) is 11.3. The molecule has 4 rings (SSSR count). The maximum atomic E-state index is 12.8. The van der Waals surface area contributed by atoms with Gasteiger partial charge in [-0.25, -0.2) is 9.78 Å². The van der Waals surface area contributed by atoms with Gasteiger partial charge in [-0.15, -0.1) is 0 Å². The van der Waals surface area contributed by atoms with Crippen LogP contribution in [0.3, 0.4) is 0 Å². The molecule has 13 heteroatoms. The molecule has 12 nitrogen and oxygen atoms in total. The average Bonchev–Trinajstić information content (AvgIpc) is 3.38. The molecular formula is C25H31N3O9S. The van der Waals surface area contributed by atoms with E-state index in [4.69, 9.17) is 23.5 Å². The third-order valence-electron chi connectivity index (χ3n) is 6.24. The van der Waals surface area contributed by atoms with Gasteiger partial charge in [0.1, 0.15) is 47.6 Å². The van der Waals surface area contributed by atoms with Gasteiger partial charge in [0.25, 0.3) is 0 Å². The van der Waals surface area contributed by atoms with Crippen molar-refractivity contribution in [1.29, 1.82) is 0 Å². The molecule has 3 heterocycles. The number of benzene rings is 1. The third-order valence-corrected chi connectivity index (χ3v) is 7.11. The van der Waals surface area contributed by atoms with Crippen LogP contribution in [0.2, 0.25) is 0 Å². The van der Waals surface area contributed by atoms with Gasteiger partial charge in [0.05, 0.1) is 16.7 Å². The number of imidazole rings is 1. The molecule has 1 aliphatic heterocycles. The zero-order valence-corrected chi connectivity index (χ0v) is 22.4. The number of nitrogens with zero attached hydrogens (tertiary/aromatic N) is 2. The van der Waals surface area contributed by atoms with Gasteiger partial charge in [0, 0.05) is 30.8 Å². The molecule has 0 radical (unpaired) electrons. The van der Waals surface area contributed by atoms with Crippen LogP contribution in [0.15, 0.2) is 44.1 Å². The van der Waals surface area contributed by atoms with Crippen LogP contribution < -0.4 is 10.4 Å². The molecule has 1 aromatic carbocycles. The summed E-state index contributed by atoms with van der Waals surface area (Å²) >= 11 is 1.45. The highest BCUT2D eigenvalue weighted by Gasteiger charge is 2.50. The zero-order valence-electron chi connectivity index (χ0n) is 21.6. The Labute approximate surface area is 222 Å². The van der Waals surface area contributed by atoms with Gasteiger partial charge in [-0.1, -0.05) is 16.9 Å². The fourth-order valence-corrected chi connectivity index (χ4v) is 4.97. The Morgan fingerprint density at radius 1 is 1.29 bits per heavy atom. The summed E-state index contributed by atoms with van der Waals surface area (Å²) in [4.78, 5) is 25.2. The van der Waals surface area contributed by atoms with Crippen LogP contribution in [0, 0.1) is 6.92 Å². The summed E-state index contributed by atoms with van der Waals surface area (Å²) in [7, 11) is 1.42. The Bertz CT molecular complexity index is 1360. The van der Waals surface area contributed by atoms with Gasteiger partial charge in [-0.05, 0) is 39.8 Å². The van der Waals surface area contributed by atoms with E-state index in [1.54, 1.807) is 39.2 Å². The fourth-order valence-electron chi connectivity index (χ4n) is 4.34. The van der Waals surface area contributed by atoms with Gasteiger partial charge in [0.2, 0.25) is 6.29 Å². The third kappa shape index (κ3) is 5.52. The number of aromatic amines is 1. The molecule has 206 valence electrons. The van der Waals surface area contributed by atoms with Crippen LogP contribution in [-0.4, -0.2) is 80.7 Å². The number of hydrogen-bond donors (Lipinski definition) is 4. The van der Waals surface area contributed by atoms with E-state index in [1.165, 1.54) is 31.9 Å². The molecular weight excluding hydrogens is 518 g/mol. The lowest BCUT2D eigenvalue weighted by Gasteiger charge is -2.46. The van der Waals surface area contributed by atoms with Crippen molar-refractivity contribution < 1.29 is 38.8 Å². The minimum Gasteiger partial charge on any atom is -0.506 e. The summed E-state index contributed by atoms with van der Waals surface area (Å²) in [6.07, 6.45) is -1.28. The Morgan fingerprint density at radius 3 is 2.74 bits per heavy atom. The van der Waals surface area contributed by atoms with Gasteiger partial charge in [0.15, 0.2) is 5.16 Å². The van der Waals surface area contributed by atoms with Gasteiger partial charge < -0.3 is 43.8 Å². The van der Waals surface area contributed by atoms with Crippen molar-refractivity contribution in [3.8, 4) is 11.5 Å². The molecule has 0 spiro atoms. The maximum Gasteiger partial charge on any atom is 0.349 e. The first-order chi connectivity index (χ1) is 18.0. The van der Waals surface area contributed by atoms with Crippen LogP contribution in [0.4, 0.5) is 0 Å². The SMILES string of the molecule is CO[C@@H]1[C@@H](O)[C@@H](O)[C@H](Oc2ccc3c(O)c(/C(C)=N/OCCSc4ncc[nH]4)c(=O)oc3c2C)OC1(C)C. The van der Waals surface area contributed by atoms with Crippen molar-refractivity contribution in [3.63, 3.8) is 0 Å². The van der Waals surface area contributed by atoms with Crippen molar-refractivity contribution >= 4 is 28.4 Å². The number of methoxy groups -OCH3 is 1. The summed E-state index contributed by atoms with van der Waals surface area (Å²) in [6, 6.07) is 3.07. The van der Waals surface area contributed by atoms with E-state index in [0.29, 0.717) is 11.3 Å². The smallest absolute Gasteiger partial charge is 0.349 e. The second-order valence-electron chi connectivity index (χ2n) is 9.28. The maximum absolute atomic E-state index is 12.8. The number of aliphatic hydroxyl groups is 2. The Hall–Kier alpha value is -3.10. The normalized spacial score (nSPS) is 23.5. The number of H-pyrrole nitrogens is 1. The first kappa shape index (κ1) is 27.9. The van der Waals surface area contributed by atoms with Crippen molar-refractivity contribution in [3.05, 3.63) is 46.1 Å². The molecule has 2 aromatic heterocycles. The van der Waals surface area contributed by atoms with Gasteiger partial charge in [-0.3, -0.25) is 0 Å². The summed E-state index contributed by atoms with van der Waals surface area (Å²) in [5, 5.41) is 36.9. The number of aromatic hydroxyl groups is 1. The van der Waals surface area contributed by atoms with Crippen molar-refractivity contribution in [2.24, 2.45) is 5.16 Å². The number of rotatable bonds is 9. The van der Waals surface area contributed by atoms with E-state index in [2.05, 4.69) is 15.1 Å². The highest BCUT2D eigenvalue weighted by Crippen LogP contribution is 2.37. The topological polar surface area (TPSA) is 169 Å². The molecule has 1 fully saturated rings. The van der Waals surface area contributed by atoms with E-state index in [-0.39, 0.29) is 40.4 Å². The molecule has 1 aliphatic rings. The van der Waals surface area contributed by atoms with Crippen LogP contribution in [0.25, 0.3) is 11.0 Å². The van der Waals surface area contributed by atoms with Crippen LogP contribution >= 0.6 is 11.8 Å². The highest BCUT2D eigenvalue weighted by atomic mass is 32.2. The van der Waals surface area contributed by atoms with Crippen molar-refractivity contribution in [2.75, 3.05) is 19.5 Å². The first-order valence-electron chi connectivity index (χ1n) is 11.9. The van der Waals surface area contributed by atoms with E-state index in [9.17, 15) is 20.1 Å².